The van der Waals surface area contributed by atoms with Crippen molar-refractivity contribution >= 4 is 23.4 Å². The number of nitriles is 1. The molecule has 0 saturated carbocycles. The maximum atomic E-state index is 12.8. The highest BCUT2D eigenvalue weighted by Gasteiger charge is 2.18. The van der Waals surface area contributed by atoms with E-state index in [0.717, 1.165) is 28.8 Å². The summed E-state index contributed by atoms with van der Waals surface area (Å²) in [5.41, 5.74) is 5.39. The number of nitrogens with zero attached hydrogens (tertiary/aromatic N) is 2. The lowest BCUT2D eigenvalue weighted by Crippen LogP contribution is -2.15. The van der Waals surface area contributed by atoms with Gasteiger partial charge in [0.2, 0.25) is 5.91 Å². The molecule has 1 heterocycles. The van der Waals surface area contributed by atoms with E-state index >= 15 is 0 Å². The number of anilines is 1. The number of rotatable bonds is 9. The lowest BCUT2D eigenvalue weighted by Gasteiger charge is -2.15. The van der Waals surface area contributed by atoms with Crippen molar-refractivity contribution in [3.8, 4) is 40.0 Å². The molecule has 186 valence electrons. The molecular weight excluding hydrogens is 482 g/mol. The molecule has 0 atom stereocenters. The SMILES string of the molecule is CCc1ccccc1NC(=O)CSc1nc(-c2ccccc2)cc(-c2ccc(OC)c(OC)c2)c1C#N. The minimum Gasteiger partial charge on any atom is -0.493 e. The lowest BCUT2D eigenvalue weighted by molar-refractivity contribution is -0.113. The van der Waals surface area contributed by atoms with Gasteiger partial charge in [-0.15, -0.1) is 0 Å². The van der Waals surface area contributed by atoms with Crippen molar-refractivity contribution < 1.29 is 14.3 Å². The molecule has 0 aliphatic rings. The summed E-state index contributed by atoms with van der Waals surface area (Å²) >= 11 is 1.25. The Bertz CT molecular complexity index is 1450. The number of nitrogens with one attached hydrogen (secondary N) is 1. The maximum Gasteiger partial charge on any atom is 0.234 e. The molecule has 0 bridgehead atoms. The molecule has 0 unspecified atom stereocenters. The van der Waals surface area contributed by atoms with Gasteiger partial charge >= 0.3 is 0 Å². The van der Waals surface area contributed by atoms with Gasteiger partial charge in [0.05, 0.1) is 31.2 Å². The molecule has 4 rings (SSSR count). The van der Waals surface area contributed by atoms with E-state index in [-0.39, 0.29) is 11.7 Å². The molecule has 0 spiro atoms. The third-order valence-corrected chi connectivity index (χ3v) is 6.85. The van der Waals surface area contributed by atoms with E-state index in [1.165, 1.54) is 11.8 Å². The number of carbonyl (C=O) groups is 1. The number of para-hydroxylation sites is 1. The van der Waals surface area contributed by atoms with Crippen molar-refractivity contribution in [2.75, 3.05) is 25.3 Å². The maximum absolute atomic E-state index is 12.8. The normalized spacial score (nSPS) is 10.4. The number of pyridine rings is 1. The van der Waals surface area contributed by atoms with Gasteiger partial charge in [-0.25, -0.2) is 4.98 Å². The number of amides is 1. The number of aromatic nitrogens is 1. The molecule has 7 heteroatoms. The Morgan fingerprint density at radius 3 is 2.38 bits per heavy atom. The Balaban J connectivity index is 1.72. The fraction of sp³-hybridized carbons (Fsp3) is 0.167. The monoisotopic (exact) mass is 509 g/mol. The summed E-state index contributed by atoms with van der Waals surface area (Å²) in [6.07, 6.45) is 0.817. The quantitative estimate of drug-likeness (QED) is 0.256. The lowest BCUT2D eigenvalue weighted by atomic mass is 9.99. The number of thioether (sulfide) groups is 1. The highest BCUT2D eigenvalue weighted by atomic mass is 32.2. The van der Waals surface area contributed by atoms with Crippen LogP contribution >= 0.6 is 11.8 Å². The summed E-state index contributed by atoms with van der Waals surface area (Å²) in [5.74, 6) is 1.11. The Morgan fingerprint density at radius 2 is 1.68 bits per heavy atom. The fourth-order valence-electron chi connectivity index (χ4n) is 3.99. The topological polar surface area (TPSA) is 84.2 Å². The van der Waals surface area contributed by atoms with Crippen molar-refractivity contribution in [1.29, 1.82) is 5.26 Å². The molecule has 1 amide bonds. The molecule has 3 aromatic carbocycles. The molecule has 6 nitrogen and oxygen atoms in total. The average Bonchev–Trinajstić information content (AvgIpc) is 2.95. The third kappa shape index (κ3) is 5.93. The van der Waals surface area contributed by atoms with Crippen LogP contribution in [0.4, 0.5) is 5.69 Å². The van der Waals surface area contributed by atoms with Crippen LogP contribution in [0.3, 0.4) is 0 Å². The summed E-state index contributed by atoms with van der Waals surface area (Å²) in [6, 6.07) is 27.2. The molecule has 0 saturated heterocycles. The van der Waals surface area contributed by atoms with E-state index in [4.69, 9.17) is 14.5 Å². The van der Waals surface area contributed by atoms with Crippen LogP contribution in [0.25, 0.3) is 22.4 Å². The van der Waals surface area contributed by atoms with Crippen molar-refractivity contribution in [3.63, 3.8) is 0 Å². The summed E-state index contributed by atoms with van der Waals surface area (Å²) in [4.78, 5) is 17.6. The van der Waals surface area contributed by atoms with Crippen LogP contribution in [0.2, 0.25) is 0 Å². The Labute approximate surface area is 221 Å². The Hall–Kier alpha value is -4.28. The van der Waals surface area contributed by atoms with E-state index in [1.54, 1.807) is 14.2 Å². The molecule has 0 aliphatic carbocycles. The van der Waals surface area contributed by atoms with E-state index in [0.29, 0.717) is 33.3 Å². The number of carbonyl (C=O) groups excluding carboxylic acids is 1. The first-order chi connectivity index (χ1) is 18.1. The van der Waals surface area contributed by atoms with Crippen LogP contribution < -0.4 is 14.8 Å². The van der Waals surface area contributed by atoms with Crippen LogP contribution in [0.1, 0.15) is 18.1 Å². The second-order valence-electron chi connectivity index (χ2n) is 8.13. The second-order valence-corrected chi connectivity index (χ2v) is 9.09. The molecule has 0 fully saturated rings. The largest absolute Gasteiger partial charge is 0.493 e. The van der Waals surface area contributed by atoms with E-state index in [9.17, 15) is 10.1 Å². The Morgan fingerprint density at radius 1 is 0.946 bits per heavy atom. The molecule has 37 heavy (non-hydrogen) atoms. The molecule has 0 radical (unpaired) electrons. The molecule has 4 aromatic rings. The highest BCUT2D eigenvalue weighted by Crippen LogP contribution is 2.38. The predicted octanol–water partition coefficient (Wildman–Crippen LogP) is 6.60. The van der Waals surface area contributed by atoms with Crippen LogP contribution in [0.5, 0.6) is 11.5 Å². The van der Waals surface area contributed by atoms with Gasteiger partial charge in [-0.2, -0.15) is 5.26 Å². The van der Waals surface area contributed by atoms with Gasteiger partial charge in [0.25, 0.3) is 0 Å². The first-order valence-electron chi connectivity index (χ1n) is 11.8. The molecule has 1 N–H and O–H groups in total. The van der Waals surface area contributed by atoms with E-state index < -0.39 is 0 Å². The summed E-state index contributed by atoms with van der Waals surface area (Å²) < 4.78 is 10.9. The van der Waals surface area contributed by atoms with Gasteiger partial charge in [-0.3, -0.25) is 4.79 Å². The van der Waals surface area contributed by atoms with E-state index in [2.05, 4.69) is 11.4 Å². The van der Waals surface area contributed by atoms with Gasteiger partial charge in [0, 0.05) is 16.8 Å². The first-order valence-corrected chi connectivity index (χ1v) is 12.8. The number of hydrogen-bond donors (Lipinski definition) is 1. The number of methoxy groups -OCH3 is 2. The zero-order valence-corrected chi connectivity index (χ0v) is 21.8. The van der Waals surface area contributed by atoms with Crippen LogP contribution in [-0.2, 0) is 11.2 Å². The van der Waals surface area contributed by atoms with Gasteiger partial charge in [-0.05, 0) is 41.8 Å². The standard InChI is InChI=1S/C30H27N3O3S/c1-4-20-10-8-9-13-25(20)32-29(34)19-37-30-24(18-31)23(17-26(33-30)21-11-6-5-7-12-21)22-14-15-27(35-2)28(16-22)36-3/h5-17H,4,19H2,1-3H3,(H,32,34). The highest BCUT2D eigenvalue weighted by molar-refractivity contribution is 8.00. The van der Waals surface area contributed by atoms with Crippen molar-refractivity contribution in [2.45, 2.75) is 18.4 Å². The van der Waals surface area contributed by atoms with Crippen LogP contribution in [-0.4, -0.2) is 30.9 Å². The third-order valence-electron chi connectivity index (χ3n) is 5.87. The van der Waals surface area contributed by atoms with Gasteiger partial charge in [0.1, 0.15) is 11.1 Å². The number of benzene rings is 3. The number of ether oxygens (including phenoxy) is 2. The van der Waals surface area contributed by atoms with E-state index in [1.807, 2.05) is 85.8 Å². The van der Waals surface area contributed by atoms with Crippen molar-refractivity contribution in [2.24, 2.45) is 0 Å². The smallest absolute Gasteiger partial charge is 0.234 e. The van der Waals surface area contributed by atoms with Crippen molar-refractivity contribution in [1.82, 2.24) is 4.98 Å². The van der Waals surface area contributed by atoms with Crippen LogP contribution in [0, 0.1) is 11.3 Å². The zero-order valence-electron chi connectivity index (χ0n) is 20.9. The van der Waals surface area contributed by atoms with Gasteiger partial charge in [0.15, 0.2) is 11.5 Å². The molecular formula is C30H27N3O3S. The second kappa shape index (κ2) is 12.1. The van der Waals surface area contributed by atoms with Gasteiger partial charge < -0.3 is 14.8 Å². The average molecular weight is 510 g/mol. The zero-order chi connectivity index (χ0) is 26.2. The number of hydrogen-bond acceptors (Lipinski definition) is 6. The Kier molecular flexibility index (Phi) is 8.44. The minimum atomic E-state index is -0.158. The van der Waals surface area contributed by atoms with Crippen molar-refractivity contribution in [3.05, 3.63) is 90.0 Å². The molecule has 0 aliphatic heterocycles. The first kappa shape index (κ1) is 25.8. The summed E-state index contributed by atoms with van der Waals surface area (Å²) in [7, 11) is 3.16. The van der Waals surface area contributed by atoms with Crippen LogP contribution in [0.15, 0.2) is 83.9 Å². The molecule has 1 aromatic heterocycles. The number of aryl methyl sites for hydroxylation is 1. The minimum absolute atomic E-state index is 0.114. The fourth-order valence-corrected chi connectivity index (χ4v) is 4.80. The summed E-state index contributed by atoms with van der Waals surface area (Å²) in [6.45, 7) is 2.05. The summed E-state index contributed by atoms with van der Waals surface area (Å²) in [5, 5.41) is 13.6. The predicted molar refractivity (Wildman–Crippen MR) is 148 cm³/mol. The van der Waals surface area contributed by atoms with Gasteiger partial charge in [-0.1, -0.05) is 73.3 Å².